The Labute approximate surface area is 162 Å². The Hall–Kier alpha value is -3.42. The molecule has 0 unspecified atom stereocenters. The SMILES string of the molecule is O=Cc1ccc(N2CCN(C(=O)CCOc3ccccc3)CC2)c([N+](=O)[O-])c1. The average molecular weight is 383 g/mol. The van der Waals surface area contributed by atoms with E-state index in [9.17, 15) is 19.7 Å². The van der Waals surface area contributed by atoms with Gasteiger partial charge in [-0.3, -0.25) is 19.7 Å². The highest BCUT2D eigenvalue weighted by Gasteiger charge is 2.26. The number of carbonyl (C=O) groups is 2. The molecule has 1 saturated heterocycles. The van der Waals surface area contributed by atoms with Gasteiger partial charge in [-0.05, 0) is 24.3 Å². The maximum absolute atomic E-state index is 12.4. The van der Waals surface area contributed by atoms with Crippen molar-refractivity contribution in [3.8, 4) is 5.75 Å². The zero-order valence-electron chi connectivity index (χ0n) is 15.3. The molecule has 0 atom stereocenters. The highest BCUT2D eigenvalue weighted by atomic mass is 16.6. The molecule has 146 valence electrons. The molecular weight excluding hydrogens is 362 g/mol. The third-order valence-electron chi connectivity index (χ3n) is 4.63. The first-order chi connectivity index (χ1) is 13.6. The Morgan fingerprint density at radius 3 is 2.46 bits per heavy atom. The first-order valence-electron chi connectivity index (χ1n) is 9.02. The van der Waals surface area contributed by atoms with Crippen LogP contribution in [0, 0.1) is 10.1 Å². The molecule has 28 heavy (non-hydrogen) atoms. The number of amides is 1. The van der Waals surface area contributed by atoms with Crippen molar-refractivity contribution in [3.05, 3.63) is 64.2 Å². The maximum Gasteiger partial charge on any atom is 0.293 e. The quantitative estimate of drug-likeness (QED) is 0.414. The highest BCUT2D eigenvalue weighted by molar-refractivity contribution is 5.80. The van der Waals surface area contributed by atoms with Crippen LogP contribution in [0.25, 0.3) is 0 Å². The summed E-state index contributed by atoms with van der Waals surface area (Å²) >= 11 is 0. The van der Waals surface area contributed by atoms with Gasteiger partial charge in [-0.1, -0.05) is 18.2 Å². The summed E-state index contributed by atoms with van der Waals surface area (Å²) in [7, 11) is 0. The van der Waals surface area contributed by atoms with E-state index in [0.717, 1.165) is 5.75 Å². The Morgan fingerprint density at radius 2 is 1.82 bits per heavy atom. The molecule has 0 radical (unpaired) electrons. The van der Waals surface area contributed by atoms with Gasteiger partial charge in [-0.2, -0.15) is 0 Å². The first kappa shape index (κ1) is 19.3. The summed E-state index contributed by atoms with van der Waals surface area (Å²) < 4.78 is 5.56. The van der Waals surface area contributed by atoms with Gasteiger partial charge in [-0.25, -0.2) is 0 Å². The van der Waals surface area contributed by atoms with E-state index in [-0.39, 0.29) is 23.6 Å². The molecule has 0 saturated carbocycles. The van der Waals surface area contributed by atoms with Crippen molar-refractivity contribution in [3.63, 3.8) is 0 Å². The fourth-order valence-electron chi connectivity index (χ4n) is 3.16. The van der Waals surface area contributed by atoms with Gasteiger partial charge in [0.25, 0.3) is 5.69 Å². The molecule has 2 aromatic rings. The minimum Gasteiger partial charge on any atom is -0.493 e. The van der Waals surface area contributed by atoms with Gasteiger partial charge in [0, 0.05) is 37.8 Å². The lowest BCUT2D eigenvalue weighted by Crippen LogP contribution is -2.49. The molecule has 1 aliphatic rings. The van der Waals surface area contributed by atoms with Crippen molar-refractivity contribution in [2.45, 2.75) is 6.42 Å². The topological polar surface area (TPSA) is 93.0 Å². The number of para-hydroxylation sites is 1. The van der Waals surface area contributed by atoms with E-state index in [2.05, 4.69) is 0 Å². The first-order valence-corrected chi connectivity index (χ1v) is 9.02. The van der Waals surface area contributed by atoms with Gasteiger partial charge in [0.15, 0.2) is 0 Å². The number of aldehydes is 1. The predicted molar refractivity (Wildman–Crippen MR) is 104 cm³/mol. The van der Waals surface area contributed by atoms with E-state index in [1.165, 1.54) is 6.07 Å². The monoisotopic (exact) mass is 383 g/mol. The van der Waals surface area contributed by atoms with Gasteiger partial charge >= 0.3 is 0 Å². The Kier molecular flexibility index (Phi) is 6.21. The lowest BCUT2D eigenvalue weighted by atomic mass is 10.1. The number of carbonyl (C=O) groups excluding carboxylic acids is 2. The molecule has 1 heterocycles. The molecule has 0 aliphatic carbocycles. The maximum atomic E-state index is 12.4. The molecule has 0 N–H and O–H groups in total. The predicted octanol–water partition coefficient (Wildman–Crippen LogP) is 2.53. The smallest absolute Gasteiger partial charge is 0.293 e. The molecule has 0 bridgehead atoms. The van der Waals surface area contributed by atoms with Gasteiger partial charge in [0.1, 0.15) is 17.7 Å². The van der Waals surface area contributed by atoms with Crippen LogP contribution in [0.1, 0.15) is 16.8 Å². The summed E-state index contributed by atoms with van der Waals surface area (Å²) in [4.78, 5) is 37.7. The average Bonchev–Trinajstić information content (AvgIpc) is 2.74. The molecule has 8 nitrogen and oxygen atoms in total. The lowest BCUT2D eigenvalue weighted by molar-refractivity contribution is -0.384. The molecule has 2 aromatic carbocycles. The second-order valence-electron chi connectivity index (χ2n) is 6.40. The normalized spacial score (nSPS) is 13.9. The van der Waals surface area contributed by atoms with Crippen LogP contribution in [0.15, 0.2) is 48.5 Å². The van der Waals surface area contributed by atoms with Crippen LogP contribution in [-0.2, 0) is 4.79 Å². The number of hydrogen-bond acceptors (Lipinski definition) is 6. The molecule has 1 amide bonds. The van der Waals surface area contributed by atoms with Gasteiger partial charge in [-0.15, -0.1) is 0 Å². The Balaban J connectivity index is 1.53. The number of nitro benzene ring substituents is 1. The van der Waals surface area contributed by atoms with E-state index in [1.54, 1.807) is 17.0 Å². The second kappa shape index (κ2) is 8.98. The Bertz CT molecular complexity index is 848. The number of benzene rings is 2. The molecule has 1 fully saturated rings. The van der Waals surface area contributed by atoms with E-state index < -0.39 is 4.92 Å². The summed E-state index contributed by atoms with van der Waals surface area (Å²) in [5, 5.41) is 11.3. The number of hydrogen-bond donors (Lipinski definition) is 0. The van der Waals surface area contributed by atoms with Gasteiger partial charge < -0.3 is 14.5 Å². The summed E-state index contributed by atoms with van der Waals surface area (Å²) in [6.45, 7) is 2.26. The zero-order chi connectivity index (χ0) is 19.9. The zero-order valence-corrected chi connectivity index (χ0v) is 15.3. The van der Waals surface area contributed by atoms with Crippen LogP contribution in [0.2, 0.25) is 0 Å². The number of ether oxygens (including phenoxy) is 1. The Morgan fingerprint density at radius 1 is 1.11 bits per heavy atom. The summed E-state index contributed by atoms with van der Waals surface area (Å²) in [6, 6.07) is 13.8. The molecule has 0 spiro atoms. The number of nitro groups is 1. The largest absolute Gasteiger partial charge is 0.493 e. The fraction of sp³-hybridized carbons (Fsp3) is 0.300. The lowest BCUT2D eigenvalue weighted by Gasteiger charge is -2.35. The van der Waals surface area contributed by atoms with Crippen molar-refractivity contribution in [2.24, 2.45) is 0 Å². The second-order valence-corrected chi connectivity index (χ2v) is 6.40. The van der Waals surface area contributed by atoms with E-state index >= 15 is 0 Å². The summed E-state index contributed by atoms with van der Waals surface area (Å²) in [5.74, 6) is 0.729. The fourth-order valence-corrected chi connectivity index (χ4v) is 3.16. The minimum absolute atomic E-state index is 0.00128. The molecular formula is C20H21N3O5. The van der Waals surface area contributed by atoms with E-state index in [4.69, 9.17) is 4.74 Å². The van der Waals surface area contributed by atoms with Crippen molar-refractivity contribution in [1.29, 1.82) is 0 Å². The van der Waals surface area contributed by atoms with Crippen molar-refractivity contribution in [1.82, 2.24) is 4.90 Å². The molecule has 1 aliphatic heterocycles. The van der Waals surface area contributed by atoms with Gasteiger partial charge in [0.05, 0.1) is 18.0 Å². The summed E-state index contributed by atoms with van der Waals surface area (Å²) in [6.07, 6.45) is 0.869. The molecule has 3 rings (SSSR count). The van der Waals surface area contributed by atoms with Crippen LogP contribution in [0.4, 0.5) is 11.4 Å². The molecule has 0 aromatic heterocycles. The van der Waals surface area contributed by atoms with Crippen LogP contribution in [0.3, 0.4) is 0 Å². The number of nitrogens with zero attached hydrogens (tertiary/aromatic N) is 3. The van der Waals surface area contributed by atoms with Crippen molar-refractivity contribution in [2.75, 3.05) is 37.7 Å². The number of anilines is 1. The van der Waals surface area contributed by atoms with Crippen LogP contribution >= 0.6 is 0 Å². The third-order valence-corrected chi connectivity index (χ3v) is 4.63. The van der Waals surface area contributed by atoms with Crippen molar-refractivity contribution < 1.29 is 19.2 Å². The third kappa shape index (κ3) is 4.64. The van der Waals surface area contributed by atoms with Crippen LogP contribution in [0.5, 0.6) is 5.75 Å². The van der Waals surface area contributed by atoms with Crippen LogP contribution in [-0.4, -0.2) is 54.8 Å². The summed E-state index contributed by atoms with van der Waals surface area (Å²) in [5.41, 5.74) is 0.637. The number of piperazine rings is 1. The highest BCUT2D eigenvalue weighted by Crippen LogP contribution is 2.29. The van der Waals surface area contributed by atoms with Crippen LogP contribution < -0.4 is 9.64 Å². The standard InChI is InChI=1S/C20H21N3O5/c24-15-16-6-7-18(19(14-16)23(26)27)21-9-11-22(12-10-21)20(25)8-13-28-17-4-2-1-3-5-17/h1-7,14-15H,8-13H2. The molecule has 8 heteroatoms. The van der Waals surface area contributed by atoms with Gasteiger partial charge in [0.2, 0.25) is 5.91 Å². The van der Waals surface area contributed by atoms with E-state index in [0.29, 0.717) is 44.8 Å². The van der Waals surface area contributed by atoms with Crippen molar-refractivity contribution >= 4 is 23.6 Å². The minimum atomic E-state index is -0.485. The number of rotatable bonds is 7. The van der Waals surface area contributed by atoms with E-state index in [1.807, 2.05) is 35.2 Å².